The van der Waals surface area contributed by atoms with E-state index in [0.717, 1.165) is 24.4 Å². The van der Waals surface area contributed by atoms with Crippen LogP contribution in [0.5, 0.6) is 0 Å². The van der Waals surface area contributed by atoms with E-state index in [4.69, 9.17) is 4.99 Å². The van der Waals surface area contributed by atoms with Gasteiger partial charge in [-0.2, -0.15) is 0 Å². The number of rotatable bonds is 3. The van der Waals surface area contributed by atoms with Crippen LogP contribution >= 0.6 is 0 Å². The number of nitrogens with zero attached hydrogens (tertiary/aromatic N) is 1. The molecular formula is C17H20N2. The normalized spacial score (nSPS) is 14.2. The first-order valence-corrected chi connectivity index (χ1v) is 7.06. The average molecular weight is 252 g/mol. The fourth-order valence-electron chi connectivity index (χ4n) is 2.67. The third kappa shape index (κ3) is 1.83. The van der Waals surface area contributed by atoms with Gasteiger partial charge in [-0.3, -0.25) is 0 Å². The van der Waals surface area contributed by atoms with Crippen LogP contribution in [0.15, 0.2) is 41.4 Å². The Morgan fingerprint density at radius 2 is 1.74 bits per heavy atom. The Bertz CT molecular complexity index is 646. The molecule has 1 aliphatic rings. The zero-order chi connectivity index (χ0) is 13.5. The molecule has 0 aliphatic carbocycles. The summed E-state index contributed by atoms with van der Waals surface area (Å²) in [6, 6.07) is 12.7. The van der Waals surface area contributed by atoms with Crippen LogP contribution in [0.25, 0.3) is 10.8 Å². The second-order valence-electron chi connectivity index (χ2n) is 5.53. The van der Waals surface area contributed by atoms with Gasteiger partial charge >= 0.3 is 0 Å². The van der Waals surface area contributed by atoms with Gasteiger partial charge in [0, 0.05) is 16.5 Å². The monoisotopic (exact) mass is 252 g/mol. The third-order valence-corrected chi connectivity index (χ3v) is 4.50. The lowest BCUT2D eigenvalue weighted by Crippen LogP contribution is -2.33. The van der Waals surface area contributed by atoms with Crippen molar-refractivity contribution in [3.8, 4) is 0 Å². The molecule has 2 aromatic rings. The Morgan fingerprint density at radius 3 is 2.42 bits per heavy atom. The van der Waals surface area contributed by atoms with Gasteiger partial charge in [0.05, 0.1) is 5.69 Å². The van der Waals surface area contributed by atoms with Gasteiger partial charge in [0.2, 0.25) is 0 Å². The molecule has 2 aromatic carbocycles. The van der Waals surface area contributed by atoms with Crippen molar-refractivity contribution in [2.45, 2.75) is 33.6 Å². The zero-order valence-electron chi connectivity index (χ0n) is 11.8. The molecule has 0 spiro atoms. The molecule has 98 valence electrons. The smallest absolute Gasteiger partial charge is 0.113 e. The van der Waals surface area contributed by atoms with E-state index >= 15 is 0 Å². The van der Waals surface area contributed by atoms with Crippen molar-refractivity contribution in [2.75, 3.05) is 5.32 Å². The van der Waals surface area contributed by atoms with Crippen molar-refractivity contribution in [1.82, 2.24) is 0 Å². The fourth-order valence-corrected chi connectivity index (χ4v) is 2.67. The topological polar surface area (TPSA) is 24.4 Å². The van der Waals surface area contributed by atoms with E-state index in [1.807, 2.05) is 0 Å². The Kier molecular flexibility index (Phi) is 2.81. The van der Waals surface area contributed by atoms with Crippen molar-refractivity contribution in [1.29, 1.82) is 0 Å². The summed E-state index contributed by atoms with van der Waals surface area (Å²) >= 11 is 0. The van der Waals surface area contributed by atoms with Crippen LogP contribution in [0.3, 0.4) is 0 Å². The Balaban J connectivity index is 2.20. The molecule has 1 aliphatic heterocycles. The third-order valence-electron chi connectivity index (χ3n) is 4.50. The molecule has 0 saturated heterocycles. The lowest BCUT2D eigenvalue weighted by atomic mass is 9.82. The lowest BCUT2D eigenvalue weighted by molar-refractivity contribution is 0.432. The van der Waals surface area contributed by atoms with Crippen LogP contribution < -0.4 is 5.32 Å². The standard InChI is InChI=1S/C17H20N2/c1-4-17(3,5-2)16-18-13-10-6-8-12-9-7-11-14(19-16)15(12)13/h6-11H,4-5H2,1-3H3,(H,18,19). The second-order valence-corrected chi connectivity index (χ2v) is 5.53. The summed E-state index contributed by atoms with van der Waals surface area (Å²) in [6.45, 7) is 6.75. The molecule has 0 saturated carbocycles. The molecule has 1 heterocycles. The van der Waals surface area contributed by atoms with Crippen LogP contribution in [0.2, 0.25) is 0 Å². The lowest BCUT2D eigenvalue weighted by Gasteiger charge is -2.32. The van der Waals surface area contributed by atoms with Crippen molar-refractivity contribution in [3.05, 3.63) is 36.4 Å². The van der Waals surface area contributed by atoms with Crippen LogP contribution in [0.1, 0.15) is 33.6 Å². The number of aliphatic imine (C=N–C) groups is 1. The summed E-state index contributed by atoms with van der Waals surface area (Å²) in [5.41, 5.74) is 2.40. The van der Waals surface area contributed by atoms with E-state index in [1.165, 1.54) is 16.5 Å². The van der Waals surface area contributed by atoms with E-state index < -0.39 is 0 Å². The van der Waals surface area contributed by atoms with E-state index in [2.05, 4.69) is 62.5 Å². The predicted molar refractivity (Wildman–Crippen MR) is 83.4 cm³/mol. The minimum atomic E-state index is 0.121. The highest BCUT2D eigenvalue weighted by atomic mass is 15.0. The van der Waals surface area contributed by atoms with Gasteiger partial charge < -0.3 is 5.32 Å². The molecule has 0 fully saturated rings. The van der Waals surface area contributed by atoms with Gasteiger partial charge in [-0.15, -0.1) is 0 Å². The molecular weight excluding hydrogens is 232 g/mol. The van der Waals surface area contributed by atoms with Crippen molar-refractivity contribution >= 4 is 28.0 Å². The predicted octanol–water partition coefficient (Wildman–Crippen LogP) is 5.12. The Hall–Kier alpha value is -1.83. The average Bonchev–Trinajstić information content (AvgIpc) is 2.47. The summed E-state index contributed by atoms with van der Waals surface area (Å²) in [5.74, 6) is 1.10. The molecule has 0 atom stereocenters. The maximum Gasteiger partial charge on any atom is 0.113 e. The summed E-state index contributed by atoms with van der Waals surface area (Å²) in [5, 5.41) is 6.04. The molecule has 0 amide bonds. The first-order valence-electron chi connectivity index (χ1n) is 7.06. The molecule has 0 radical (unpaired) electrons. The summed E-state index contributed by atoms with van der Waals surface area (Å²) in [4.78, 5) is 4.88. The highest BCUT2D eigenvalue weighted by Crippen LogP contribution is 2.39. The van der Waals surface area contributed by atoms with Crippen molar-refractivity contribution < 1.29 is 0 Å². The van der Waals surface area contributed by atoms with Crippen LogP contribution in [0.4, 0.5) is 11.4 Å². The van der Waals surface area contributed by atoms with Crippen molar-refractivity contribution in [2.24, 2.45) is 10.4 Å². The molecule has 0 bridgehead atoms. The fraction of sp³-hybridized carbons (Fsp3) is 0.353. The summed E-state index contributed by atoms with van der Waals surface area (Å²) in [6.07, 6.45) is 2.18. The Labute approximate surface area is 114 Å². The first kappa shape index (κ1) is 12.2. The number of nitrogens with one attached hydrogen (secondary N) is 1. The minimum Gasteiger partial charge on any atom is -0.343 e. The molecule has 2 heteroatoms. The van der Waals surface area contributed by atoms with Gasteiger partial charge in [-0.05, 0) is 30.4 Å². The molecule has 19 heavy (non-hydrogen) atoms. The van der Waals surface area contributed by atoms with Crippen LogP contribution in [-0.4, -0.2) is 5.84 Å². The van der Waals surface area contributed by atoms with Crippen LogP contribution in [0, 0.1) is 5.41 Å². The minimum absolute atomic E-state index is 0.121. The number of benzene rings is 2. The van der Waals surface area contributed by atoms with Crippen LogP contribution in [-0.2, 0) is 0 Å². The molecule has 3 rings (SSSR count). The first-order chi connectivity index (χ1) is 9.18. The largest absolute Gasteiger partial charge is 0.343 e. The van der Waals surface area contributed by atoms with Gasteiger partial charge in [0.15, 0.2) is 0 Å². The van der Waals surface area contributed by atoms with E-state index in [0.29, 0.717) is 0 Å². The number of anilines is 1. The number of hydrogen-bond acceptors (Lipinski definition) is 2. The molecule has 2 nitrogen and oxygen atoms in total. The maximum absolute atomic E-state index is 4.88. The number of hydrogen-bond donors (Lipinski definition) is 1. The quantitative estimate of drug-likeness (QED) is 0.805. The van der Waals surface area contributed by atoms with Gasteiger partial charge in [-0.1, -0.05) is 45.0 Å². The highest BCUT2D eigenvalue weighted by molar-refractivity contribution is 6.14. The van der Waals surface area contributed by atoms with Gasteiger partial charge in [0.1, 0.15) is 5.84 Å². The number of amidine groups is 1. The van der Waals surface area contributed by atoms with E-state index in [9.17, 15) is 0 Å². The van der Waals surface area contributed by atoms with Gasteiger partial charge in [0.25, 0.3) is 0 Å². The zero-order valence-corrected chi connectivity index (χ0v) is 11.8. The molecule has 0 aromatic heterocycles. The summed E-state index contributed by atoms with van der Waals surface area (Å²) < 4.78 is 0. The second kappa shape index (κ2) is 4.37. The van der Waals surface area contributed by atoms with Crippen molar-refractivity contribution in [3.63, 3.8) is 0 Å². The highest BCUT2D eigenvalue weighted by Gasteiger charge is 2.29. The molecule has 0 unspecified atom stereocenters. The van der Waals surface area contributed by atoms with E-state index in [1.54, 1.807) is 0 Å². The summed E-state index contributed by atoms with van der Waals surface area (Å²) in [7, 11) is 0. The van der Waals surface area contributed by atoms with Gasteiger partial charge in [-0.25, -0.2) is 4.99 Å². The Morgan fingerprint density at radius 1 is 1.05 bits per heavy atom. The van der Waals surface area contributed by atoms with E-state index in [-0.39, 0.29) is 5.41 Å². The molecule has 1 N–H and O–H groups in total. The SMILES string of the molecule is CCC(C)(CC)C1=Nc2cccc3cccc(c23)N1. The maximum atomic E-state index is 4.88.